The van der Waals surface area contributed by atoms with E-state index in [1.807, 2.05) is 24.3 Å². The van der Waals surface area contributed by atoms with Crippen LogP contribution in [-0.4, -0.2) is 28.7 Å². The third-order valence-electron chi connectivity index (χ3n) is 3.29. The van der Waals surface area contributed by atoms with Gasteiger partial charge in [-0.25, -0.2) is 0 Å². The molecule has 0 saturated heterocycles. The molecule has 110 valence electrons. The maximum atomic E-state index is 9.96. The van der Waals surface area contributed by atoms with Crippen molar-refractivity contribution in [1.29, 1.82) is 0 Å². The van der Waals surface area contributed by atoms with E-state index in [0.29, 0.717) is 12.0 Å². The zero-order valence-corrected chi connectivity index (χ0v) is 11.6. The van der Waals surface area contributed by atoms with Crippen LogP contribution in [0.25, 0.3) is 0 Å². The molecular weight excluding hydrogens is 270 g/mol. The molecule has 2 rings (SSSR count). The predicted octanol–water partition coefficient (Wildman–Crippen LogP) is 2.89. The summed E-state index contributed by atoms with van der Waals surface area (Å²) in [5.74, 6) is 0.321. The molecule has 1 atom stereocenters. The van der Waals surface area contributed by atoms with Gasteiger partial charge in [0.25, 0.3) is 0 Å². The van der Waals surface area contributed by atoms with Crippen molar-refractivity contribution in [3.63, 3.8) is 0 Å². The fourth-order valence-electron chi connectivity index (χ4n) is 2.28. The van der Waals surface area contributed by atoms with Gasteiger partial charge in [0.15, 0.2) is 0 Å². The molecule has 3 N–H and O–H groups in total. The van der Waals surface area contributed by atoms with Crippen molar-refractivity contribution in [3.05, 3.63) is 53.6 Å². The van der Waals surface area contributed by atoms with Gasteiger partial charge in [0.05, 0.1) is 13.3 Å². The molecule has 0 spiro atoms. The minimum Gasteiger partial charge on any atom is -0.508 e. The second kappa shape index (κ2) is 6.65. The molecular formula is C16H17NO4. The van der Waals surface area contributed by atoms with Gasteiger partial charge >= 0.3 is 0 Å². The molecule has 0 aromatic heterocycles. The molecule has 2 aromatic rings. The Kier molecular flexibility index (Phi) is 4.66. The number of hydrogen-bond donors (Lipinski definition) is 3. The van der Waals surface area contributed by atoms with Gasteiger partial charge in [-0.3, -0.25) is 0 Å². The quantitative estimate of drug-likeness (QED) is 0.448. The van der Waals surface area contributed by atoms with Crippen LogP contribution in [-0.2, 0) is 6.42 Å². The molecule has 0 aliphatic heterocycles. The second-order valence-electron chi connectivity index (χ2n) is 4.63. The van der Waals surface area contributed by atoms with Crippen LogP contribution in [0.4, 0.5) is 0 Å². The van der Waals surface area contributed by atoms with Gasteiger partial charge in [-0.2, -0.15) is 0 Å². The highest BCUT2D eigenvalue weighted by Crippen LogP contribution is 2.32. The number of phenols is 2. The molecule has 21 heavy (non-hydrogen) atoms. The molecule has 0 radical (unpaired) electrons. The van der Waals surface area contributed by atoms with Gasteiger partial charge in [-0.05, 0) is 24.1 Å². The Morgan fingerprint density at radius 2 is 1.95 bits per heavy atom. The number of para-hydroxylation sites is 1. The van der Waals surface area contributed by atoms with Crippen LogP contribution >= 0.6 is 0 Å². The number of hydrogen-bond acceptors (Lipinski definition) is 5. The predicted molar refractivity (Wildman–Crippen MR) is 79.5 cm³/mol. The smallest absolute Gasteiger partial charge is 0.123 e. The lowest BCUT2D eigenvalue weighted by atomic mass is 9.92. The first-order valence-corrected chi connectivity index (χ1v) is 6.47. The number of oxime groups is 1. The summed E-state index contributed by atoms with van der Waals surface area (Å²) in [5, 5.41) is 31.3. The van der Waals surface area contributed by atoms with Crippen molar-refractivity contribution in [3.8, 4) is 17.2 Å². The molecule has 0 fully saturated rings. The van der Waals surface area contributed by atoms with Crippen LogP contribution in [0.1, 0.15) is 17.0 Å². The van der Waals surface area contributed by atoms with Crippen LogP contribution in [0.3, 0.4) is 0 Å². The van der Waals surface area contributed by atoms with Gasteiger partial charge in [-0.1, -0.05) is 24.3 Å². The van der Waals surface area contributed by atoms with Crippen molar-refractivity contribution in [2.45, 2.75) is 12.3 Å². The standard InChI is InChI=1S/C16H17NO4/c1-21-16-5-3-2-4-11(16)8-12(10-17-20)14-7-6-13(18)9-15(14)19/h2-7,9-10,12,18-20H,8H2,1H3. The fraction of sp³-hybridized carbons (Fsp3) is 0.188. The van der Waals surface area contributed by atoms with Crippen molar-refractivity contribution in [1.82, 2.24) is 0 Å². The Balaban J connectivity index is 2.35. The maximum Gasteiger partial charge on any atom is 0.123 e. The number of ether oxygens (including phenoxy) is 1. The van der Waals surface area contributed by atoms with E-state index >= 15 is 0 Å². The van der Waals surface area contributed by atoms with Crippen LogP contribution in [0, 0.1) is 0 Å². The van der Waals surface area contributed by atoms with Crippen LogP contribution < -0.4 is 4.74 Å². The summed E-state index contributed by atoms with van der Waals surface area (Å²) in [6, 6.07) is 11.9. The molecule has 5 nitrogen and oxygen atoms in total. The Morgan fingerprint density at radius 3 is 2.62 bits per heavy atom. The number of nitrogens with zero attached hydrogens (tertiary/aromatic N) is 1. The highest BCUT2D eigenvalue weighted by molar-refractivity contribution is 5.70. The van der Waals surface area contributed by atoms with Gasteiger partial charge in [0.1, 0.15) is 17.2 Å². The lowest BCUT2D eigenvalue weighted by molar-refractivity contribution is 0.319. The summed E-state index contributed by atoms with van der Waals surface area (Å²) < 4.78 is 5.30. The number of phenolic OH excluding ortho intramolecular Hbond substituents is 2. The lowest BCUT2D eigenvalue weighted by Crippen LogP contribution is -2.06. The molecule has 0 aliphatic carbocycles. The van der Waals surface area contributed by atoms with Gasteiger partial charge in [-0.15, -0.1) is 5.16 Å². The first-order chi connectivity index (χ1) is 10.2. The highest BCUT2D eigenvalue weighted by atomic mass is 16.5. The van der Waals surface area contributed by atoms with Crippen LogP contribution in [0.15, 0.2) is 47.6 Å². The van der Waals surface area contributed by atoms with E-state index in [0.717, 1.165) is 11.3 Å². The molecule has 0 bridgehead atoms. The average Bonchev–Trinajstić information content (AvgIpc) is 2.47. The van der Waals surface area contributed by atoms with Gasteiger partial charge < -0.3 is 20.2 Å². The van der Waals surface area contributed by atoms with E-state index in [1.54, 1.807) is 13.2 Å². The average molecular weight is 287 g/mol. The van der Waals surface area contributed by atoms with E-state index < -0.39 is 0 Å². The first kappa shape index (κ1) is 14.7. The van der Waals surface area contributed by atoms with Crippen LogP contribution in [0.5, 0.6) is 17.2 Å². The number of benzene rings is 2. The number of rotatable bonds is 5. The normalized spacial score (nSPS) is 12.4. The van der Waals surface area contributed by atoms with Crippen molar-refractivity contribution in [2.75, 3.05) is 7.11 Å². The van der Waals surface area contributed by atoms with E-state index in [-0.39, 0.29) is 17.4 Å². The summed E-state index contributed by atoms with van der Waals surface area (Å²) >= 11 is 0. The van der Waals surface area contributed by atoms with E-state index in [9.17, 15) is 10.2 Å². The molecule has 2 aromatic carbocycles. The van der Waals surface area contributed by atoms with Gasteiger partial charge in [0.2, 0.25) is 0 Å². The number of aromatic hydroxyl groups is 2. The zero-order valence-electron chi connectivity index (χ0n) is 11.6. The van der Waals surface area contributed by atoms with E-state index in [1.165, 1.54) is 18.3 Å². The topological polar surface area (TPSA) is 82.3 Å². The maximum absolute atomic E-state index is 9.96. The Labute approximate surface area is 122 Å². The Bertz CT molecular complexity index is 640. The third kappa shape index (κ3) is 3.45. The SMILES string of the molecule is COc1ccccc1CC(C=NO)c1ccc(O)cc1O. The minimum absolute atomic E-state index is 0.0202. The van der Waals surface area contributed by atoms with Crippen molar-refractivity contribution in [2.24, 2.45) is 5.16 Å². The number of methoxy groups -OCH3 is 1. The summed E-state index contributed by atoms with van der Waals surface area (Å²) in [6.07, 6.45) is 1.84. The summed E-state index contributed by atoms with van der Waals surface area (Å²) in [6.45, 7) is 0. The Hall–Kier alpha value is -2.69. The molecule has 0 heterocycles. The third-order valence-corrected chi connectivity index (χ3v) is 3.29. The monoisotopic (exact) mass is 287 g/mol. The second-order valence-corrected chi connectivity index (χ2v) is 4.63. The molecule has 0 amide bonds. The summed E-state index contributed by atoms with van der Waals surface area (Å²) in [4.78, 5) is 0. The largest absolute Gasteiger partial charge is 0.508 e. The molecule has 5 heteroatoms. The molecule has 0 aliphatic rings. The van der Waals surface area contributed by atoms with E-state index in [2.05, 4.69) is 5.16 Å². The minimum atomic E-state index is -0.341. The summed E-state index contributed by atoms with van der Waals surface area (Å²) in [5.41, 5.74) is 1.49. The van der Waals surface area contributed by atoms with E-state index in [4.69, 9.17) is 9.94 Å². The fourth-order valence-corrected chi connectivity index (χ4v) is 2.28. The molecule has 0 saturated carbocycles. The van der Waals surface area contributed by atoms with Crippen LogP contribution in [0.2, 0.25) is 0 Å². The van der Waals surface area contributed by atoms with Crippen molar-refractivity contribution >= 4 is 6.21 Å². The summed E-state index contributed by atoms with van der Waals surface area (Å²) in [7, 11) is 1.59. The highest BCUT2D eigenvalue weighted by Gasteiger charge is 2.17. The lowest BCUT2D eigenvalue weighted by Gasteiger charge is -2.16. The Morgan fingerprint density at radius 1 is 1.19 bits per heavy atom. The first-order valence-electron chi connectivity index (χ1n) is 6.47. The van der Waals surface area contributed by atoms with Gasteiger partial charge in [0, 0.05) is 17.5 Å². The van der Waals surface area contributed by atoms with Crippen molar-refractivity contribution < 1.29 is 20.2 Å². The zero-order chi connectivity index (χ0) is 15.2. The molecule has 1 unspecified atom stereocenters.